The summed E-state index contributed by atoms with van der Waals surface area (Å²) in [5.74, 6) is -1.10. The number of rotatable bonds is 4. The van der Waals surface area contributed by atoms with Gasteiger partial charge in [-0.1, -0.05) is 84.9 Å². The van der Waals surface area contributed by atoms with Crippen LogP contribution in [0, 0.1) is 0 Å². The molecule has 40 heavy (non-hydrogen) atoms. The molecule has 2 aliphatic rings. The molecule has 4 aromatic rings. The SMILES string of the molecule is O=C(OC1=C2C(=O)c3ccccc3C(OC(=O)Oc3ccccc3)=C2C(=O)c2ccccc21)Oc1ccccc1. The van der Waals surface area contributed by atoms with Gasteiger partial charge in [0.05, 0.1) is 11.1 Å². The second kappa shape index (κ2) is 10.2. The van der Waals surface area contributed by atoms with Gasteiger partial charge in [-0.2, -0.15) is 0 Å². The summed E-state index contributed by atoms with van der Waals surface area (Å²) < 4.78 is 21.8. The van der Waals surface area contributed by atoms with E-state index < -0.39 is 23.9 Å². The van der Waals surface area contributed by atoms with Crippen LogP contribution in [0.1, 0.15) is 31.8 Å². The fourth-order valence-electron chi connectivity index (χ4n) is 4.55. The fraction of sp³-hybridized carbons (Fsp3) is 0. The highest BCUT2D eigenvalue weighted by atomic mass is 16.7. The number of benzene rings is 4. The number of carbonyl (C=O) groups excluding carboxylic acids is 4. The van der Waals surface area contributed by atoms with E-state index in [1.807, 2.05) is 0 Å². The van der Waals surface area contributed by atoms with Crippen LogP contribution in [0.5, 0.6) is 11.5 Å². The van der Waals surface area contributed by atoms with E-state index in [-0.39, 0.29) is 56.4 Å². The molecule has 0 unspecified atom stereocenters. The van der Waals surface area contributed by atoms with Crippen LogP contribution >= 0.6 is 0 Å². The van der Waals surface area contributed by atoms with Gasteiger partial charge in [0.15, 0.2) is 23.1 Å². The maximum atomic E-state index is 13.8. The minimum Gasteiger partial charge on any atom is -0.395 e. The molecule has 0 saturated carbocycles. The topological polar surface area (TPSA) is 105 Å². The Morgan fingerprint density at radius 2 is 0.725 bits per heavy atom. The van der Waals surface area contributed by atoms with Gasteiger partial charge in [-0.15, -0.1) is 0 Å². The fourth-order valence-corrected chi connectivity index (χ4v) is 4.55. The minimum absolute atomic E-state index is 0.147. The van der Waals surface area contributed by atoms with E-state index >= 15 is 0 Å². The number of carbonyl (C=O) groups is 4. The Balaban J connectivity index is 1.50. The molecule has 0 spiro atoms. The molecule has 2 aliphatic carbocycles. The standard InChI is InChI=1S/C32H18O8/c33-27-22-16-8-10-18-24(22)30(40-32(36)38-20-13-5-2-6-14-20)26-25(27)29(23-17-9-7-15-21(23)28(26)34)39-31(35)37-19-11-3-1-4-12-19/h1-18H. The van der Waals surface area contributed by atoms with Gasteiger partial charge >= 0.3 is 12.3 Å². The number of hydrogen-bond acceptors (Lipinski definition) is 8. The number of fused-ring (bicyclic) bond motifs is 3. The molecule has 0 bridgehead atoms. The summed E-state index contributed by atoms with van der Waals surface area (Å²) in [5.41, 5.74) is 0.275. The first kappa shape index (κ1) is 24.6. The molecule has 6 rings (SSSR count). The van der Waals surface area contributed by atoms with Crippen molar-refractivity contribution in [3.8, 4) is 11.5 Å². The predicted octanol–water partition coefficient (Wildman–Crippen LogP) is 6.63. The van der Waals surface area contributed by atoms with Gasteiger partial charge in [0.1, 0.15) is 11.5 Å². The molecule has 8 nitrogen and oxygen atoms in total. The molecule has 0 heterocycles. The third-order valence-corrected chi connectivity index (χ3v) is 6.25. The molecule has 4 aromatic carbocycles. The van der Waals surface area contributed by atoms with Crippen LogP contribution in [-0.4, -0.2) is 23.9 Å². The monoisotopic (exact) mass is 530 g/mol. The predicted molar refractivity (Wildman–Crippen MR) is 142 cm³/mol. The zero-order chi connectivity index (χ0) is 27.6. The van der Waals surface area contributed by atoms with Gasteiger partial charge < -0.3 is 18.9 Å². The number of allylic oxidation sites excluding steroid dienone is 2. The number of Topliss-reactive ketones (excluding diaryl/α,β-unsaturated/α-hetero) is 2. The third-order valence-electron chi connectivity index (χ3n) is 6.25. The summed E-state index contributed by atoms with van der Waals surface area (Å²) in [4.78, 5) is 53.4. The maximum Gasteiger partial charge on any atom is 0.519 e. The highest BCUT2D eigenvalue weighted by Crippen LogP contribution is 2.45. The van der Waals surface area contributed by atoms with Crippen LogP contribution < -0.4 is 9.47 Å². The van der Waals surface area contributed by atoms with Crippen molar-refractivity contribution >= 4 is 35.4 Å². The van der Waals surface area contributed by atoms with Crippen molar-refractivity contribution in [2.45, 2.75) is 0 Å². The summed E-state index contributed by atoms with van der Waals surface area (Å²) >= 11 is 0. The van der Waals surface area contributed by atoms with Gasteiger partial charge in [-0.3, -0.25) is 9.59 Å². The molecular formula is C32H18O8. The lowest BCUT2D eigenvalue weighted by molar-refractivity contribution is 0.0979. The summed E-state index contributed by atoms with van der Waals surface area (Å²) in [7, 11) is 0. The zero-order valence-electron chi connectivity index (χ0n) is 20.7. The Kier molecular flexibility index (Phi) is 6.26. The Labute approximate surface area is 227 Å². The van der Waals surface area contributed by atoms with Gasteiger partial charge in [0, 0.05) is 22.3 Å². The Hall–Kier alpha value is -5.76. The van der Waals surface area contributed by atoms with E-state index in [1.54, 1.807) is 97.1 Å². The molecule has 0 radical (unpaired) electrons. The highest BCUT2D eigenvalue weighted by Gasteiger charge is 2.43. The van der Waals surface area contributed by atoms with Crippen LogP contribution in [0.15, 0.2) is 120 Å². The van der Waals surface area contributed by atoms with Crippen molar-refractivity contribution in [1.82, 2.24) is 0 Å². The Bertz CT molecular complexity index is 1620. The lowest BCUT2D eigenvalue weighted by Crippen LogP contribution is -2.29. The molecule has 0 N–H and O–H groups in total. The van der Waals surface area contributed by atoms with Crippen molar-refractivity contribution in [1.29, 1.82) is 0 Å². The molecule has 0 atom stereocenters. The lowest BCUT2D eigenvalue weighted by atomic mass is 9.76. The minimum atomic E-state index is -1.12. The van der Waals surface area contributed by atoms with Crippen molar-refractivity contribution in [2.75, 3.05) is 0 Å². The third kappa shape index (κ3) is 4.43. The van der Waals surface area contributed by atoms with Crippen LogP contribution in [0.25, 0.3) is 11.5 Å². The summed E-state index contributed by atoms with van der Waals surface area (Å²) in [6.07, 6.45) is -2.23. The van der Waals surface area contributed by atoms with E-state index in [0.29, 0.717) is 0 Å². The molecule has 0 aromatic heterocycles. The van der Waals surface area contributed by atoms with Gasteiger partial charge in [0.2, 0.25) is 0 Å². The van der Waals surface area contributed by atoms with Crippen molar-refractivity contribution in [3.63, 3.8) is 0 Å². The second-order valence-electron chi connectivity index (χ2n) is 8.69. The molecule has 0 saturated heterocycles. The first-order chi connectivity index (χ1) is 19.5. The summed E-state index contributed by atoms with van der Waals surface area (Å²) in [6.45, 7) is 0. The largest absolute Gasteiger partial charge is 0.519 e. The van der Waals surface area contributed by atoms with Gasteiger partial charge in [-0.05, 0) is 24.3 Å². The first-order valence-corrected chi connectivity index (χ1v) is 12.2. The molecule has 194 valence electrons. The molecule has 0 fully saturated rings. The van der Waals surface area contributed by atoms with Crippen LogP contribution in [0.3, 0.4) is 0 Å². The van der Waals surface area contributed by atoms with E-state index in [9.17, 15) is 19.2 Å². The van der Waals surface area contributed by atoms with E-state index in [4.69, 9.17) is 18.9 Å². The molecule has 8 heteroatoms. The van der Waals surface area contributed by atoms with Gasteiger partial charge in [0.25, 0.3) is 0 Å². The summed E-state index contributed by atoms with van der Waals surface area (Å²) in [5, 5.41) is 0. The highest BCUT2D eigenvalue weighted by molar-refractivity contribution is 6.34. The summed E-state index contributed by atoms with van der Waals surface area (Å²) in [6, 6.07) is 29.2. The van der Waals surface area contributed by atoms with E-state index in [2.05, 4.69) is 0 Å². The van der Waals surface area contributed by atoms with Crippen LogP contribution in [-0.2, 0) is 9.47 Å². The Morgan fingerprint density at radius 3 is 1.10 bits per heavy atom. The lowest BCUT2D eigenvalue weighted by Gasteiger charge is -2.28. The maximum absolute atomic E-state index is 13.8. The molecule has 0 amide bonds. The number of para-hydroxylation sites is 2. The second-order valence-corrected chi connectivity index (χ2v) is 8.69. The van der Waals surface area contributed by atoms with E-state index in [0.717, 1.165) is 0 Å². The number of hydrogen-bond donors (Lipinski definition) is 0. The normalized spacial score (nSPS) is 13.6. The number of ether oxygens (including phenoxy) is 4. The van der Waals surface area contributed by atoms with Crippen molar-refractivity contribution in [3.05, 3.63) is 143 Å². The van der Waals surface area contributed by atoms with Crippen LogP contribution in [0.2, 0.25) is 0 Å². The average molecular weight is 530 g/mol. The quantitative estimate of drug-likeness (QED) is 0.214. The number of ketones is 2. The first-order valence-electron chi connectivity index (χ1n) is 12.2. The van der Waals surface area contributed by atoms with Crippen LogP contribution in [0.4, 0.5) is 9.59 Å². The smallest absolute Gasteiger partial charge is 0.395 e. The van der Waals surface area contributed by atoms with Gasteiger partial charge in [-0.25, -0.2) is 9.59 Å². The zero-order valence-corrected chi connectivity index (χ0v) is 20.7. The van der Waals surface area contributed by atoms with Crippen molar-refractivity contribution in [2.24, 2.45) is 0 Å². The van der Waals surface area contributed by atoms with E-state index in [1.165, 1.54) is 12.1 Å². The molecule has 0 aliphatic heterocycles. The molecular weight excluding hydrogens is 512 g/mol. The van der Waals surface area contributed by atoms with Crippen molar-refractivity contribution < 1.29 is 38.1 Å². The average Bonchev–Trinajstić information content (AvgIpc) is 2.98. The Morgan fingerprint density at radius 1 is 0.400 bits per heavy atom.